The molecule has 28 heavy (non-hydrogen) atoms. The molecule has 1 aliphatic carbocycles. The van der Waals surface area contributed by atoms with Crippen molar-refractivity contribution in [2.75, 3.05) is 25.5 Å². The van der Waals surface area contributed by atoms with Gasteiger partial charge < -0.3 is 20.4 Å². The Bertz CT molecular complexity index is 774. The molecular formula is C23H33ClN2O2. The lowest BCUT2D eigenvalue weighted by atomic mass is 9.97. The van der Waals surface area contributed by atoms with Crippen molar-refractivity contribution in [1.82, 2.24) is 5.32 Å². The fourth-order valence-electron chi connectivity index (χ4n) is 4.08. The number of phenols is 1. The first kappa shape index (κ1) is 22.5. The van der Waals surface area contributed by atoms with E-state index in [0.29, 0.717) is 12.6 Å². The standard InChI is InChI=1S/C23H32N2O2.ClH/c1-5-15-9-18-11-20(12-19(18)10-16(15)6-2)24-14-23(27)17-7-8-22(26)21(13-17)25(3)4;/h7-10,13,20,23-24,26-27H,5-6,11-12,14H2,1-4H3;1H/t23-;/m0./s1. The number of hydrogen-bond donors (Lipinski definition) is 3. The minimum Gasteiger partial charge on any atom is -0.506 e. The first-order chi connectivity index (χ1) is 12.9. The van der Waals surface area contributed by atoms with Gasteiger partial charge in [0.05, 0.1) is 11.8 Å². The largest absolute Gasteiger partial charge is 0.506 e. The highest BCUT2D eigenvalue weighted by atomic mass is 35.5. The molecule has 154 valence electrons. The molecule has 0 saturated heterocycles. The summed E-state index contributed by atoms with van der Waals surface area (Å²) >= 11 is 0. The number of benzene rings is 2. The highest BCUT2D eigenvalue weighted by Crippen LogP contribution is 2.30. The maximum Gasteiger partial charge on any atom is 0.138 e. The third-order valence-corrected chi connectivity index (χ3v) is 5.68. The van der Waals surface area contributed by atoms with Crippen LogP contribution in [0.25, 0.3) is 0 Å². The molecule has 1 atom stereocenters. The summed E-state index contributed by atoms with van der Waals surface area (Å²) in [6.45, 7) is 4.96. The third kappa shape index (κ3) is 4.80. The molecule has 4 nitrogen and oxygen atoms in total. The number of aliphatic hydroxyl groups excluding tert-OH is 1. The van der Waals surface area contributed by atoms with E-state index in [2.05, 4.69) is 31.3 Å². The molecule has 0 fully saturated rings. The molecule has 1 aliphatic rings. The van der Waals surface area contributed by atoms with Crippen molar-refractivity contribution >= 4 is 18.1 Å². The Hall–Kier alpha value is -1.75. The number of nitrogens with one attached hydrogen (secondary N) is 1. The molecule has 0 spiro atoms. The van der Waals surface area contributed by atoms with Crippen molar-refractivity contribution in [1.29, 1.82) is 0 Å². The van der Waals surface area contributed by atoms with E-state index in [-0.39, 0.29) is 18.2 Å². The van der Waals surface area contributed by atoms with E-state index >= 15 is 0 Å². The SMILES string of the molecule is CCc1cc2c(cc1CC)CC(NC[C@H](O)c1ccc(O)c(N(C)C)c1)C2.Cl. The number of aryl methyl sites for hydroxylation is 2. The summed E-state index contributed by atoms with van der Waals surface area (Å²) < 4.78 is 0. The highest BCUT2D eigenvalue weighted by Gasteiger charge is 2.23. The Morgan fingerprint density at radius 1 is 1.04 bits per heavy atom. The van der Waals surface area contributed by atoms with Crippen LogP contribution in [0.15, 0.2) is 30.3 Å². The molecule has 0 saturated carbocycles. The molecule has 3 rings (SSSR count). The van der Waals surface area contributed by atoms with Gasteiger partial charge in [-0.3, -0.25) is 0 Å². The van der Waals surface area contributed by atoms with Crippen LogP contribution in [0.5, 0.6) is 5.75 Å². The first-order valence-electron chi connectivity index (χ1n) is 9.98. The van der Waals surface area contributed by atoms with E-state index in [9.17, 15) is 10.2 Å². The smallest absolute Gasteiger partial charge is 0.138 e. The lowest BCUT2D eigenvalue weighted by Gasteiger charge is -2.19. The summed E-state index contributed by atoms with van der Waals surface area (Å²) in [7, 11) is 3.77. The summed E-state index contributed by atoms with van der Waals surface area (Å²) in [5.41, 5.74) is 7.39. The molecule has 0 aliphatic heterocycles. The van der Waals surface area contributed by atoms with Crippen molar-refractivity contribution in [3.8, 4) is 5.75 Å². The van der Waals surface area contributed by atoms with Gasteiger partial charge in [0.15, 0.2) is 0 Å². The highest BCUT2D eigenvalue weighted by molar-refractivity contribution is 5.85. The normalized spacial score (nSPS) is 14.5. The van der Waals surface area contributed by atoms with Gasteiger partial charge in [-0.25, -0.2) is 0 Å². The van der Waals surface area contributed by atoms with Crippen molar-refractivity contribution in [2.24, 2.45) is 0 Å². The number of anilines is 1. The average Bonchev–Trinajstić information content (AvgIpc) is 3.06. The molecule has 0 unspecified atom stereocenters. The molecule has 3 N–H and O–H groups in total. The number of aromatic hydroxyl groups is 1. The van der Waals surface area contributed by atoms with E-state index in [1.165, 1.54) is 22.3 Å². The first-order valence-corrected chi connectivity index (χ1v) is 9.98. The second kappa shape index (κ2) is 9.64. The number of rotatable bonds is 7. The Morgan fingerprint density at radius 2 is 1.61 bits per heavy atom. The number of fused-ring (bicyclic) bond motifs is 1. The van der Waals surface area contributed by atoms with Gasteiger partial charge in [-0.05, 0) is 65.6 Å². The Balaban J connectivity index is 0.00000280. The number of nitrogens with zero attached hydrogens (tertiary/aromatic N) is 1. The summed E-state index contributed by atoms with van der Waals surface area (Å²) in [6.07, 6.45) is 3.63. The molecule has 0 radical (unpaired) electrons. The summed E-state index contributed by atoms with van der Waals surface area (Å²) in [6, 6.07) is 10.4. The molecule has 0 aromatic heterocycles. The van der Waals surface area contributed by atoms with Crippen LogP contribution < -0.4 is 10.2 Å². The summed E-state index contributed by atoms with van der Waals surface area (Å²) in [4.78, 5) is 1.85. The molecule has 0 bridgehead atoms. The summed E-state index contributed by atoms with van der Waals surface area (Å²) in [5, 5.41) is 24.1. The van der Waals surface area contributed by atoms with Gasteiger partial charge in [0, 0.05) is 26.7 Å². The van der Waals surface area contributed by atoms with Crippen molar-refractivity contribution in [3.63, 3.8) is 0 Å². The third-order valence-electron chi connectivity index (χ3n) is 5.68. The predicted molar refractivity (Wildman–Crippen MR) is 119 cm³/mol. The van der Waals surface area contributed by atoms with Crippen LogP contribution in [0.1, 0.15) is 47.8 Å². The Morgan fingerprint density at radius 3 is 2.11 bits per heavy atom. The monoisotopic (exact) mass is 404 g/mol. The van der Waals surface area contributed by atoms with Crippen LogP contribution in [-0.4, -0.2) is 36.9 Å². The number of phenolic OH excluding ortho intramolecular Hbond substituents is 1. The fraction of sp³-hybridized carbons (Fsp3) is 0.478. The minimum absolute atomic E-state index is 0. The summed E-state index contributed by atoms with van der Waals surface area (Å²) in [5.74, 6) is 0.230. The van der Waals surface area contributed by atoms with E-state index in [1.54, 1.807) is 12.1 Å². The number of hydrogen-bond acceptors (Lipinski definition) is 4. The lowest BCUT2D eigenvalue weighted by molar-refractivity contribution is 0.170. The van der Waals surface area contributed by atoms with Crippen LogP contribution in [0.3, 0.4) is 0 Å². The van der Waals surface area contributed by atoms with E-state index in [0.717, 1.165) is 36.9 Å². The van der Waals surface area contributed by atoms with Gasteiger partial charge in [-0.2, -0.15) is 0 Å². The fourth-order valence-corrected chi connectivity index (χ4v) is 4.08. The van der Waals surface area contributed by atoms with Crippen molar-refractivity contribution in [3.05, 3.63) is 58.1 Å². The minimum atomic E-state index is -0.592. The van der Waals surface area contributed by atoms with Crippen molar-refractivity contribution < 1.29 is 10.2 Å². The van der Waals surface area contributed by atoms with E-state index in [4.69, 9.17) is 0 Å². The molecule has 5 heteroatoms. The zero-order valence-electron chi connectivity index (χ0n) is 17.3. The number of halogens is 1. The molecule has 0 heterocycles. The van der Waals surface area contributed by atoms with Gasteiger partial charge in [-0.1, -0.05) is 32.0 Å². The van der Waals surface area contributed by atoms with Crippen LogP contribution in [0, 0.1) is 0 Å². The average molecular weight is 405 g/mol. The quantitative estimate of drug-likeness (QED) is 0.657. The van der Waals surface area contributed by atoms with E-state index < -0.39 is 6.10 Å². The maximum atomic E-state index is 10.6. The van der Waals surface area contributed by atoms with Gasteiger partial charge in [0.2, 0.25) is 0 Å². The van der Waals surface area contributed by atoms with Crippen LogP contribution in [-0.2, 0) is 25.7 Å². The van der Waals surface area contributed by atoms with Gasteiger partial charge in [0.1, 0.15) is 5.75 Å². The molecule has 2 aromatic rings. The van der Waals surface area contributed by atoms with Gasteiger partial charge in [0.25, 0.3) is 0 Å². The van der Waals surface area contributed by atoms with Gasteiger partial charge >= 0.3 is 0 Å². The molecular weight excluding hydrogens is 372 g/mol. The zero-order chi connectivity index (χ0) is 19.6. The number of aliphatic hydroxyl groups is 1. The van der Waals surface area contributed by atoms with Crippen LogP contribution in [0.4, 0.5) is 5.69 Å². The lowest BCUT2D eigenvalue weighted by Crippen LogP contribution is -2.33. The second-order valence-electron chi connectivity index (χ2n) is 7.77. The maximum absolute atomic E-state index is 10.6. The van der Waals surface area contributed by atoms with Gasteiger partial charge in [-0.15, -0.1) is 12.4 Å². The Kier molecular flexibility index (Phi) is 7.76. The second-order valence-corrected chi connectivity index (χ2v) is 7.77. The van der Waals surface area contributed by atoms with Crippen LogP contribution in [0.2, 0.25) is 0 Å². The molecule has 0 amide bonds. The topological polar surface area (TPSA) is 55.7 Å². The predicted octanol–water partition coefficient (Wildman–Crippen LogP) is 3.80. The van der Waals surface area contributed by atoms with Crippen LogP contribution >= 0.6 is 12.4 Å². The zero-order valence-corrected chi connectivity index (χ0v) is 18.1. The Labute approximate surface area is 175 Å². The van der Waals surface area contributed by atoms with Crippen molar-refractivity contribution in [2.45, 2.75) is 51.7 Å². The van der Waals surface area contributed by atoms with E-state index in [1.807, 2.05) is 25.1 Å². The molecule has 2 aromatic carbocycles.